The second-order valence-electron chi connectivity index (χ2n) is 4.93. The Balaban J connectivity index is 2.02. The average Bonchev–Trinajstić information content (AvgIpc) is 2.56. The quantitative estimate of drug-likeness (QED) is 0.484. The third kappa shape index (κ3) is 5.11. The first-order valence-electron chi connectivity index (χ1n) is 7.02. The molecule has 9 heteroatoms. The van der Waals surface area contributed by atoms with E-state index in [0.717, 1.165) is 0 Å². The lowest BCUT2D eigenvalue weighted by Gasteiger charge is -2.03. The van der Waals surface area contributed by atoms with E-state index in [9.17, 15) is 19.7 Å². The van der Waals surface area contributed by atoms with Crippen molar-refractivity contribution in [3.8, 4) is 0 Å². The summed E-state index contributed by atoms with van der Waals surface area (Å²) >= 11 is 5.72. The van der Waals surface area contributed by atoms with Gasteiger partial charge in [0.15, 0.2) is 0 Å². The SMILES string of the molecule is CC(=O)Nc1ccc(C(=O)N/N=C\c2ccc(Cl)c([N+](=O)[O-])c2)cc1. The van der Waals surface area contributed by atoms with Crippen LogP contribution in [0.3, 0.4) is 0 Å². The van der Waals surface area contributed by atoms with Crippen LogP contribution in [0.2, 0.25) is 5.02 Å². The number of hydrogen-bond acceptors (Lipinski definition) is 5. The summed E-state index contributed by atoms with van der Waals surface area (Å²) in [6.45, 7) is 1.39. The first-order chi connectivity index (χ1) is 11.9. The summed E-state index contributed by atoms with van der Waals surface area (Å²) in [5, 5.41) is 17.2. The van der Waals surface area contributed by atoms with E-state index in [0.29, 0.717) is 16.8 Å². The Kier molecular flexibility index (Phi) is 5.80. The van der Waals surface area contributed by atoms with Gasteiger partial charge in [0.1, 0.15) is 5.02 Å². The molecule has 0 radical (unpaired) electrons. The van der Waals surface area contributed by atoms with E-state index < -0.39 is 10.8 Å². The van der Waals surface area contributed by atoms with Gasteiger partial charge < -0.3 is 5.32 Å². The molecule has 0 aliphatic carbocycles. The largest absolute Gasteiger partial charge is 0.326 e. The summed E-state index contributed by atoms with van der Waals surface area (Å²) < 4.78 is 0. The van der Waals surface area contributed by atoms with Crippen LogP contribution in [0.15, 0.2) is 47.6 Å². The van der Waals surface area contributed by atoms with Crippen LogP contribution in [0.25, 0.3) is 0 Å². The van der Waals surface area contributed by atoms with E-state index in [-0.39, 0.29) is 16.6 Å². The van der Waals surface area contributed by atoms with Crippen molar-refractivity contribution in [2.45, 2.75) is 6.92 Å². The molecule has 128 valence electrons. The van der Waals surface area contributed by atoms with E-state index in [1.54, 1.807) is 12.1 Å². The van der Waals surface area contributed by atoms with E-state index >= 15 is 0 Å². The monoisotopic (exact) mass is 360 g/mol. The Labute approximate surface area is 147 Å². The third-order valence-corrected chi connectivity index (χ3v) is 3.33. The highest BCUT2D eigenvalue weighted by molar-refractivity contribution is 6.32. The molecule has 0 saturated heterocycles. The number of nitro benzene ring substituents is 1. The Hall–Kier alpha value is -3.26. The minimum absolute atomic E-state index is 0.0189. The predicted molar refractivity (Wildman–Crippen MR) is 93.9 cm³/mol. The molecule has 0 atom stereocenters. The van der Waals surface area contributed by atoms with Crippen molar-refractivity contribution in [3.05, 3.63) is 68.7 Å². The summed E-state index contributed by atoms with van der Waals surface area (Å²) in [5.41, 5.74) is 3.39. The number of benzene rings is 2. The van der Waals surface area contributed by atoms with Crippen molar-refractivity contribution in [3.63, 3.8) is 0 Å². The van der Waals surface area contributed by atoms with Gasteiger partial charge in [-0.15, -0.1) is 0 Å². The van der Waals surface area contributed by atoms with Crippen molar-refractivity contribution in [1.29, 1.82) is 0 Å². The van der Waals surface area contributed by atoms with Gasteiger partial charge in [-0.05, 0) is 30.3 Å². The minimum atomic E-state index is -0.602. The number of rotatable bonds is 5. The van der Waals surface area contributed by atoms with Crippen molar-refractivity contribution < 1.29 is 14.5 Å². The van der Waals surface area contributed by atoms with Gasteiger partial charge in [0.25, 0.3) is 11.6 Å². The number of halogens is 1. The topological polar surface area (TPSA) is 114 Å². The number of nitrogens with zero attached hydrogens (tertiary/aromatic N) is 2. The number of hydrogen-bond donors (Lipinski definition) is 2. The lowest BCUT2D eigenvalue weighted by Crippen LogP contribution is -2.17. The highest BCUT2D eigenvalue weighted by Crippen LogP contribution is 2.24. The molecule has 2 rings (SSSR count). The molecular formula is C16H13ClN4O4. The van der Waals surface area contributed by atoms with Crippen molar-refractivity contribution in [2.75, 3.05) is 5.32 Å². The zero-order chi connectivity index (χ0) is 18.4. The van der Waals surface area contributed by atoms with Gasteiger partial charge in [-0.25, -0.2) is 5.43 Å². The van der Waals surface area contributed by atoms with Gasteiger partial charge >= 0.3 is 0 Å². The Morgan fingerprint density at radius 1 is 1.20 bits per heavy atom. The van der Waals surface area contributed by atoms with Crippen LogP contribution in [-0.2, 0) is 4.79 Å². The van der Waals surface area contributed by atoms with Crippen LogP contribution < -0.4 is 10.7 Å². The number of carbonyl (C=O) groups excluding carboxylic acids is 2. The van der Waals surface area contributed by atoms with E-state index in [2.05, 4.69) is 15.8 Å². The summed E-state index contributed by atoms with van der Waals surface area (Å²) in [6.07, 6.45) is 1.27. The molecule has 2 N–H and O–H groups in total. The fourth-order valence-electron chi connectivity index (χ4n) is 1.89. The van der Waals surface area contributed by atoms with Crippen molar-refractivity contribution in [1.82, 2.24) is 5.43 Å². The Morgan fingerprint density at radius 2 is 1.88 bits per heavy atom. The molecule has 8 nitrogen and oxygen atoms in total. The fraction of sp³-hybridized carbons (Fsp3) is 0.0625. The highest BCUT2D eigenvalue weighted by atomic mass is 35.5. The second kappa shape index (κ2) is 8.02. The Morgan fingerprint density at radius 3 is 2.48 bits per heavy atom. The summed E-state index contributed by atoms with van der Waals surface area (Å²) in [4.78, 5) is 33.1. The fourth-order valence-corrected chi connectivity index (χ4v) is 2.07. The van der Waals surface area contributed by atoms with Gasteiger partial charge in [0, 0.05) is 29.8 Å². The number of anilines is 1. The van der Waals surface area contributed by atoms with E-state index in [4.69, 9.17) is 11.6 Å². The van der Waals surface area contributed by atoms with Crippen molar-refractivity contribution in [2.24, 2.45) is 5.10 Å². The van der Waals surface area contributed by atoms with Crippen LogP contribution in [0, 0.1) is 10.1 Å². The number of amides is 2. The standard InChI is InChI=1S/C16H13ClN4O4/c1-10(22)19-13-5-3-12(4-6-13)16(23)20-18-9-11-2-7-14(17)15(8-11)21(24)25/h2-9H,1H3,(H,19,22)(H,20,23)/b18-9-. The van der Waals surface area contributed by atoms with Gasteiger partial charge in [0.2, 0.25) is 5.91 Å². The Bertz CT molecular complexity index is 850. The second-order valence-corrected chi connectivity index (χ2v) is 5.33. The third-order valence-electron chi connectivity index (χ3n) is 3.01. The van der Waals surface area contributed by atoms with Crippen LogP contribution in [0.4, 0.5) is 11.4 Å². The summed E-state index contributed by atoms with van der Waals surface area (Å²) in [5.74, 6) is -0.673. The molecule has 2 aromatic carbocycles. The molecule has 0 heterocycles. The first kappa shape index (κ1) is 18.1. The molecule has 0 bridgehead atoms. The van der Waals surface area contributed by atoms with Crippen molar-refractivity contribution >= 4 is 41.0 Å². The van der Waals surface area contributed by atoms with Gasteiger partial charge in [0.05, 0.1) is 11.1 Å². The zero-order valence-corrected chi connectivity index (χ0v) is 13.8. The van der Waals surface area contributed by atoms with Crippen LogP contribution >= 0.6 is 11.6 Å². The molecule has 0 saturated carbocycles. The molecule has 0 aliphatic heterocycles. The molecule has 2 aromatic rings. The molecule has 0 aromatic heterocycles. The summed E-state index contributed by atoms with van der Waals surface area (Å²) in [6, 6.07) is 10.4. The lowest BCUT2D eigenvalue weighted by molar-refractivity contribution is -0.384. The maximum Gasteiger partial charge on any atom is 0.288 e. The smallest absolute Gasteiger partial charge is 0.288 e. The maximum absolute atomic E-state index is 12.0. The van der Waals surface area contributed by atoms with Crippen LogP contribution in [-0.4, -0.2) is 23.0 Å². The maximum atomic E-state index is 12.0. The minimum Gasteiger partial charge on any atom is -0.326 e. The first-order valence-corrected chi connectivity index (χ1v) is 7.39. The number of hydrazone groups is 1. The molecular weight excluding hydrogens is 348 g/mol. The average molecular weight is 361 g/mol. The van der Waals surface area contributed by atoms with Crippen LogP contribution in [0.5, 0.6) is 0 Å². The van der Waals surface area contributed by atoms with Crippen LogP contribution in [0.1, 0.15) is 22.8 Å². The lowest BCUT2D eigenvalue weighted by atomic mass is 10.2. The molecule has 0 aliphatic rings. The molecule has 0 unspecified atom stereocenters. The number of nitrogens with one attached hydrogen (secondary N) is 2. The molecule has 0 spiro atoms. The summed E-state index contributed by atoms with van der Waals surface area (Å²) in [7, 11) is 0. The van der Waals surface area contributed by atoms with Gasteiger partial charge in [-0.3, -0.25) is 19.7 Å². The molecule has 2 amide bonds. The normalized spacial score (nSPS) is 10.5. The van der Waals surface area contributed by atoms with Gasteiger partial charge in [-0.2, -0.15) is 5.10 Å². The predicted octanol–water partition coefficient (Wildman–Crippen LogP) is 2.97. The molecule has 25 heavy (non-hydrogen) atoms. The van der Waals surface area contributed by atoms with E-state index in [1.807, 2.05) is 0 Å². The van der Waals surface area contributed by atoms with Gasteiger partial charge in [-0.1, -0.05) is 17.7 Å². The number of carbonyl (C=O) groups is 2. The number of nitro groups is 1. The van der Waals surface area contributed by atoms with E-state index in [1.165, 1.54) is 43.5 Å². The molecule has 0 fully saturated rings. The zero-order valence-electron chi connectivity index (χ0n) is 13.0. The highest BCUT2D eigenvalue weighted by Gasteiger charge is 2.12.